The fourth-order valence-electron chi connectivity index (χ4n) is 3.18. The highest BCUT2D eigenvalue weighted by molar-refractivity contribution is 8.00. The number of carbonyl (C=O) groups is 1. The Hall–Kier alpha value is -3.53. The van der Waals surface area contributed by atoms with Crippen LogP contribution in [0.1, 0.15) is 13.3 Å². The molecule has 0 bridgehead atoms. The van der Waals surface area contributed by atoms with Crippen molar-refractivity contribution >= 4 is 51.1 Å². The van der Waals surface area contributed by atoms with Crippen molar-refractivity contribution in [2.45, 2.75) is 23.8 Å². The number of anilines is 1. The molecule has 1 atom stereocenters. The van der Waals surface area contributed by atoms with Crippen LogP contribution in [0.2, 0.25) is 0 Å². The van der Waals surface area contributed by atoms with Crippen LogP contribution >= 0.6 is 11.8 Å². The van der Waals surface area contributed by atoms with Crippen molar-refractivity contribution in [2.24, 2.45) is 7.05 Å². The van der Waals surface area contributed by atoms with Crippen LogP contribution in [0.5, 0.6) is 0 Å². The number of carbonyl (C=O) groups excluding carboxylic acids is 1. The lowest BCUT2D eigenvalue weighted by Crippen LogP contribution is -2.24. The van der Waals surface area contributed by atoms with E-state index >= 15 is 0 Å². The van der Waals surface area contributed by atoms with E-state index < -0.39 is 10.2 Å². The third kappa shape index (κ3) is 3.69. The molecular formula is C20H18N6O3S. The molecule has 0 radical (unpaired) electrons. The first-order valence-electron chi connectivity index (χ1n) is 9.27. The van der Waals surface area contributed by atoms with Gasteiger partial charge in [-0.2, -0.15) is 0 Å². The summed E-state index contributed by atoms with van der Waals surface area (Å²) in [6, 6.07) is 13.6. The van der Waals surface area contributed by atoms with Crippen LogP contribution in [0.3, 0.4) is 0 Å². The first kappa shape index (κ1) is 19.8. The molecule has 152 valence electrons. The van der Waals surface area contributed by atoms with Crippen molar-refractivity contribution in [3.63, 3.8) is 0 Å². The average Bonchev–Trinajstić information content (AvgIpc) is 3.04. The standard InChI is InChI=1S/C20H18N6O3S/c1-3-16(19(27)21-12-8-10-13(11-9-12)26(28)29)30-20-22-18-17(23-24-20)14-6-4-5-7-15(14)25(18)2/h4-11,16H,3H2,1-2H3,(H,21,27)/t16-/m1/s1. The maximum absolute atomic E-state index is 12.7. The monoisotopic (exact) mass is 422 g/mol. The lowest BCUT2D eigenvalue weighted by atomic mass is 10.2. The number of nitro benzene ring substituents is 1. The summed E-state index contributed by atoms with van der Waals surface area (Å²) in [6.07, 6.45) is 0.556. The molecule has 1 N–H and O–H groups in total. The summed E-state index contributed by atoms with van der Waals surface area (Å²) < 4.78 is 1.96. The average molecular weight is 422 g/mol. The van der Waals surface area contributed by atoms with Gasteiger partial charge < -0.3 is 9.88 Å². The van der Waals surface area contributed by atoms with Crippen LogP contribution < -0.4 is 5.32 Å². The van der Waals surface area contributed by atoms with Gasteiger partial charge in [0.15, 0.2) is 5.65 Å². The van der Waals surface area contributed by atoms with Gasteiger partial charge in [0.1, 0.15) is 5.52 Å². The van der Waals surface area contributed by atoms with E-state index in [0.29, 0.717) is 22.9 Å². The van der Waals surface area contributed by atoms with Gasteiger partial charge >= 0.3 is 0 Å². The maximum Gasteiger partial charge on any atom is 0.269 e. The number of nitro groups is 1. The molecule has 0 spiro atoms. The number of hydrogen-bond acceptors (Lipinski definition) is 7. The van der Waals surface area contributed by atoms with Gasteiger partial charge in [-0.3, -0.25) is 14.9 Å². The van der Waals surface area contributed by atoms with Crippen molar-refractivity contribution in [3.8, 4) is 0 Å². The molecule has 0 saturated heterocycles. The number of fused-ring (bicyclic) bond motifs is 3. The first-order valence-corrected chi connectivity index (χ1v) is 10.2. The van der Waals surface area contributed by atoms with Crippen LogP contribution in [-0.2, 0) is 11.8 Å². The molecule has 0 aliphatic heterocycles. The zero-order valence-corrected chi connectivity index (χ0v) is 17.1. The Balaban J connectivity index is 1.54. The number of aromatic nitrogens is 4. The van der Waals surface area contributed by atoms with Crippen LogP contribution in [-0.4, -0.2) is 35.8 Å². The summed E-state index contributed by atoms with van der Waals surface area (Å²) >= 11 is 1.24. The Kier molecular flexibility index (Phi) is 5.32. The molecule has 2 aromatic heterocycles. The second-order valence-corrected chi connectivity index (χ2v) is 7.82. The Morgan fingerprint density at radius 3 is 2.63 bits per heavy atom. The molecule has 0 unspecified atom stereocenters. The summed E-state index contributed by atoms with van der Waals surface area (Å²) in [4.78, 5) is 27.6. The molecule has 4 aromatic rings. The normalized spacial score (nSPS) is 12.2. The lowest BCUT2D eigenvalue weighted by Gasteiger charge is -2.13. The van der Waals surface area contributed by atoms with Crippen LogP contribution in [0.25, 0.3) is 22.1 Å². The predicted octanol–water partition coefficient (Wildman–Crippen LogP) is 3.93. The van der Waals surface area contributed by atoms with E-state index in [0.717, 1.165) is 16.4 Å². The van der Waals surface area contributed by atoms with Gasteiger partial charge in [-0.15, -0.1) is 10.2 Å². The molecule has 4 rings (SSSR count). The highest BCUT2D eigenvalue weighted by Gasteiger charge is 2.21. The minimum Gasteiger partial charge on any atom is -0.327 e. The van der Waals surface area contributed by atoms with Gasteiger partial charge in [-0.1, -0.05) is 36.9 Å². The molecule has 2 aromatic carbocycles. The van der Waals surface area contributed by atoms with E-state index in [9.17, 15) is 14.9 Å². The molecule has 9 nitrogen and oxygen atoms in total. The topological polar surface area (TPSA) is 116 Å². The molecule has 10 heteroatoms. The zero-order chi connectivity index (χ0) is 21.3. The molecular weight excluding hydrogens is 404 g/mol. The zero-order valence-electron chi connectivity index (χ0n) is 16.3. The Bertz CT molecular complexity index is 1250. The number of para-hydroxylation sites is 1. The predicted molar refractivity (Wildman–Crippen MR) is 115 cm³/mol. The molecule has 2 heterocycles. The fourth-order valence-corrected chi connectivity index (χ4v) is 3.99. The fraction of sp³-hybridized carbons (Fsp3) is 0.200. The third-order valence-corrected chi connectivity index (χ3v) is 5.96. The second-order valence-electron chi connectivity index (χ2n) is 6.65. The number of nitrogens with zero attached hydrogens (tertiary/aromatic N) is 5. The second kappa shape index (κ2) is 8.07. The number of amides is 1. The summed E-state index contributed by atoms with van der Waals surface area (Å²) in [7, 11) is 1.92. The third-order valence-electron chi connectivity index (χ3n) is 4.74. The molecule has 30 heavy (non-hydrogen) atoms. The summed E-state index contributed by atoms with van der Waals surface area (Å²) in [5.41, 5.74) is 2.91. The van der Waals surface area contributed by atoms with Gasteiger partial charge in [0.2, 0.25) is 11.1 Å². The maximum atomic E-state index is 12.7. The van der Waals surface area contributed by atoms with E-state index in [4.69, 9.17) is 0 Å². The van der Waals surface area contributed by atoms with Gasteiger partial charge in [-0.05, 0) is 24.6 Å². The van der Waals surface area contributed by atoms with Gasteiger partial charge in [0, 0.05) is 30.3 Å². The molecule has 0 saturated carbocycles. The number of aryl methyl sites for hydroxylation is 1. The molecule has 0 fully saturated rings. The number of benzene rings is 2. The van der Waals surface area contributed by atoms with Gasteiger partial charge in [-0.25, -0.2) is 4.98 Å². The Morgan fingerprint density at radius 2 is 1.93 bits per heavy atom. The van der Waals surface area contributed by atoms with Crippen molar-refractivity contribution in [2.75, 3.05) is 5.32 Å². The highest BCUT2D eigenvalue weighted by atomic mass is 32.2. The summed E-state index contributed by atoms with van der Waals surface area (Å²) in [6.45, 7) is 1.90. The number of non-ortho nitro benzene ring substituents is 1. The molecule has 1 amide bonds. The summed E-state index contributed by atoms with van der Waals surface area (Å²) in [5.74, 6) is -0.225. The quantitative estimate of drug-likeness (QED) is 0.284. The van der Waals surface area contributed by atoms with E-state index in [1.165, 1.54) is 36.0 Å². The number of thioether (sulfide) groups is 1. The summed E-state index contributed by atoms with van der Waals surface area (Å²) in [5, 5.41) is 23.1. The lowest BCUT2D eigenvalue weighted by molar-refractivity contribution is -0.384. The van der Waals surface area contributed by atoms with E-state index in [-0.39, 0.29) is 11.6 Å². The van der Waals surface area contributed by atoms with Crippen LogP contribution in [0, 0.1) is 10.1 Å². The largest absolute Gasteiger partial charge is 0.327 e. The van der Waals surface area contributed by atoms with E-state index in [1.54, 1.807) is 0 Å². The Labute approximate surface area is 175 Å². The number of hydrogen-bond donors (Lipinski definition) is 1. The van der Waals surface area contributed by atoms with Gasteiger partial charge in [0.25, 0.3) is 5.69 Å². The highest BCUT2D eigenvalue weighted by Crippen LogP contribution is 2.28. The number of rotatable bonds is 6. The minimum absolute atomic E-state index is 0.0304. The smallest absolute Gasteiger partial charge is 0.269 e. The van der Waals surface area contributed by atoms with Crippen molar-refractivity contribution < 1.29 is 9.72 Å². The van der Waals surface area contributed by atoms with Gasteiger partial charge in [0.05, 0.1) is 15.7 Å². The first-order chi connectivity index (χ1) is 14.5. The SMILES string of the molecule is CC[C@@H](Sc1nnc2c3ccccc3n(C)c2n1)C(=O)Nc1ccc([N+](=O)[O-])cc1. The van der Waals surface area contributed by atoms with E-state index in [1.807, 2.05) is 42.8 Å². The minimum atomic E-state index is -0.482. The molecule has 0 aliphatic carbocycles. The van der Waals surface area contributed by atoms with Crippen molar-refractivity contribution in [3.05, 3.63) is 58.6 Å². The van der Waals surface area contributed by atoms with Crippen LogP contribution in [0.15, 0.2) is 53.7 Å². The molecule has 0 aliphatic rings. The van der Waals surface area contributed by atoms with Crippen molar-refractivity contribution in [1.82, 2.24) is 19.7 Å². The van der Waals surface area contributed by atoms with Crippen molar-refractivity contribution in [1.29, 1.82) is 0 Å². The number of nitrogens with one attached hydrogen (secondary N) is 1. The van der Waals surface area contributed by atoms with Crippen LogP contribution in [0.4, 0.5) is 11.4 Å². The Morgan fingerprint density at radius 1 is 1.20 bits per heavy atom. The van der Waals surface area contributed by atoms with E-state index in [2.05, 4.69) is 20.5 Å².